The number of aryl methyl sites for hydroxylation is 2. The van der Waals surface area contributed by atoms with Crippen molar-refractivity contribution in [2.75, 3.05) is 11.1 Å². The minimum Gasteiger partial charge on any atom is -0.302 e. The molecule has 3 aromatic rings. The molecule has 1 amide bonds. The van der Waals surface area contributed by atoms with E-state index in [9.17, 15) is 4.79 Å². The summed E-state index contributed by atoms with van der Waals surface area (Å²) in [7, 11) is 0. The molecule has 0 atom stereocenters. The molecular formula is C19H20N2OS2. The third kappa shape index (κ3) is 4.36. The third-order valence-electron chi connectivity index (χ3n) is 3.63. The second kappa shape index (κ2) is 7.81. The van der Waals surface area contributed by atoms with E-state index in [1.165, 1.54) is 16.0 Å². The van der Waals surface area contributed by atoms with Crippen LogP contribution in [0.4, 0.5) is 5.13 Å². The number of fused-ring (bicyclic) bond motifs is 1. The Labute approximate surface area is 150 Å². The highest BCUT2D eigenvalue weighted by atomic mass is 32.2. The van der Waals surface area contributed by atoms with E-state index in [0.717, 1.165) is 22.4 Å². The SMILES string of the molecule is Cc1cc(C)c2sc(NC(=O)CCCSc3ccccc3)nc2c1. The molecule has 5 heteroatoms. The zero-order chi connectivity index (χ0) is 16.9. The molecule has 0 unspecified atom stereocenters. The fraction of sp³-hybridized carbons (Fsp3) is 0.263. The number of hydrogen-bond acceptors (Lipinski definition) is 4. The van der Waals surface area contributed by atoms with Gasteiger partial charge in [-0.25, -0.2) is 4.98 Å². The number of carbonyl (C=O) groups excluding carboxylic acids is 1. The maximum absolute atomic E-state index is 12.1. The zero-order valence-electron chi connectivity index (χ0n) is 13.8. The largest absolute Gasteiger partial charge is 0.302 e. The van der Waals surface area contributed by atoms with Crippen LogP contribution in [0.2, 0.25) is 0 Å². The summed E-state index contributed by atoms with van der Waals surface area (Å²) in [5.74, 6) is 0.979. The average Bonchev–Trinajstić information content (AvgIpc) is 2.95. The number of carbonyl (C=O) groups is 1. The van der Waals surface area contributed by atoms with Gasteiger partial charge in [0.2, 0.25) is 5.91 Å². The molecule has 0 saturated heterocycles. The number of thiazole rings is 1. The van der Waals surface area contributed by atoms with E-state index in [-0.39, 0.29) is 5.91 Å². The first-order chi connectivity index (χ1) is 11.6. The molecule has 0 aliphatic carbocycles. The van der Waals surface area contributed by atoms with Crippen LogP contribution < -0.4 is 5.32 Å². The Balaban J connectivity index is 1.51. The predicted octanol–water partition coefficient (Wildman–Crippen LogP) is 5.42. The second-order valence-electron chi connectivity index (χ2n) is 5.76. The Bertz CT molecular complexity index is 843. The highest BCUT2D eigenvalue weighted by Gasteiger charge is 2.10. The monoisotopic (exact) mass is 356 g/mol. The smallest absolute Gasteiger partial charge is 0.226 e. The van der Waals surface area contributed by atoms with Crippen molar-refractivity contribution in [2.24, 2.45) is 0 Å². The lowest BCUT2D eigenvalue weighted by atomic mass is 10.1. The Morgan fingerprint density at radius 3 is 2.79 bits per heavy atom. The Morgan fingerprint density at radius 2 is 2.00 bits per heavy atom. The Kier molecular flexibility index (Phi) is 5.53. The normalized spacial score (nSPS) is 10.9. The van der Waals surface area contributed by atoms with Gasteiger partial charge in [-0.05, 0) is 55.3 Å². The van der Waals surface area contributed by atoms with Crippen molar-refractivity contribution in [1.29, 1.82) is 0 Å². The number of nitrogens with zero attached hydrogens (tertiary/aromatic N) is 1. The summed E-state index contributed by atoms with van der Waals surface area (Å²) < 4.78 is 1.15. The molecular weight excluding hydrogens is 336 g/mol. The summed E-state index contributed by atoms with van der Waals surface area (Å²) in [6.07, 6.45) is 1.38. The lowest BCUT2D eigenvalue weighted by molar-refractivity contribution is -0.116. The summed E-state index contributed by atoms with van der Waals surface area (Å²) in [4.78, 5) is 17.9. The van der Waals surface area contributed by atoms with E-state index in [1.807, 2.05) is 18.2 Å². The topological polar surface area (TPSA) is 42.0 Å². The second-order valence-corrected chi connectivity index (χ2v) is 7.93. The van der Waals surface area contributed by atoms with Crippen molar-refractivity contribution in [3.63, 3.8) is 0 Å². The summed E-state index contributed by atoms with van der Waals surface area (Å²) in [6.45, 7) is 4.15. The van der Waals surface area contributed by atoms with Gasteiger partial charge in [-0.1, -0.05) is 35.6 Å². The van der Waals surface area contributed by atoms with E-state index < -0.39 is 0 Å². The summed E-state index contributed by atoms with van der Waals surface area (Å²) in [5.41, 5.74) is 3.37. The highest BCUT2D eigenvalue weighted by Crippen LogP contribution is 2.30. The van der Waals surface area contributed by atoms with E-state index in [1.54, 1.807) is 23.1 Å². The van der Waals surface area contributed by atoms with Crippen LogP contribution in [0, 0.1) is 13.8 Å². The van der Waals surface area contributed by atoms with Gasteiger partial charge in [0.15, 0.2) is 5.13 Å². The molecule has 3 rings (SSSR count). The molecule has 1 N–H and O–H groups in total. The molecule has 0 bridgehead atoms. The van der Waals surface area contributed by atoms with Crippen LogP contribution in [-0.4, -0.2) is 16.6 Å². The van der Waals surface area contributed by atoms with Gasteiger partial charge in [-0.2, -0.15) is 0 Å². The van der Waals surface area contributed by atoms with Crippen LogP contribution in [0.3, 0.4) is 0 Å². The first-order valence-electron chi connectivity index (χ1n) is 7.97. The molecule has 24 heavy (non-hydrogen) atoms. The molecule has 0 radical (unpaired) electrons. The minimum atomic E-state index is 0.0390. The quantitative estimate of drug-likeness (QED) is 0.473. The fourth-order valence-corrected chi connectivity index (χ4v) is 4.36. The van der Waals surface area contributed by atoms with Crippen molar-refractivity contribution in [2.45, 2.75) is 31.6 Å². The number of nitrogens with one attached hydrogen (secondary N) is 1. The number of anilines is 1. The molecule has 0 saturated carbocycles. The number of aromatic nitrogens is 1. The zero-order valence-corrected chi connectivity index (χ0v) is 15.5. The first-order valence-corrected chi connectivity index (χ1v) is 9.77. The number of benzene rings is 2. The number of hydrogen-bond donors (Lipinski definition) is 1. The standard InChI is InChI=1S/C19H20N2OS2/c1-13-11-14(2)18-16(12-13)20-19(24-18)21-17(22)9-6-10-23-15-7-4-3-5-8-15/h3-5,7-8,11-12H,6,9-10H2,1-2H3,(H,20,21,22). The van der Waals surface area contributed by atoms with Crippen molar-refractivity contribution in [1.82, 2.24) is 4.98 Å². The van der Waals surface area contributed by atoms with Crippen LogP contribution in [0.1, 0.15) is 24.0 Å². The van der Waals surface area contributed by atoms with E-state index in [2.05, 4.69) is 48.4 Å². The van der Waals surface area contributed by atoms with E-state index in [4.69, 9.17) is 0 Å². The van der Waals surface area contributed by atoms with Crippen LogP contribution in [-0.2, 0) is 4.79 Å². The lowest BCUT2D eigenvalue weighted by Gasteiger charge is -2.02. The number of rotatable bonds is 6. The summed E-state index contributed by atoms with van der Waals surface area (Å²) in [6, 6.07) is 14.5. The molecule has 1 heterocycles. The first kappa shape index (κ1) is 17.0. The van der Waals surface area contributed by atoms with Gasteiger partial charge < -0.3 is 5.32 Å². The number of amides is 1. The molecule has 0 spiro atoms. The maximum atomic E-state index is 12.1. The predicted molar refractivity (Wildman–Crippen MR) is 104 cm³/mol. The lowest BCUT2D eigenvalue weighted by Crippen LogP contribution is -2.11. The van der Waals surface area contributed by atoms with Gasteiger partial charge in [0.25, 0.3) is 0 Å². The minimum absolute atomic E-state index is 0.0390. The molecule has 0 aliphatic heterocycles. The fourth-order valence-electron chi connectivity index (χ4n) is 2.55. The van der Waals surface area contributed by atoms with Crippen LogP contribution in [0.15, 0.2) is 47.4 Å². The average molecular weight is 357 g/mol. The van der Waals surface area contributed by atoms with E-state index >= 15 is 0 Å². The van der Waals surface area contributed by atoms with Gasteiger partial charge in [-0.15, -0.1) is 11.8 Å². The van der Waals surface area contributed by atoms with Gasteiger partial charge in [0.1, 0.15) is 0 Å². The van der Waals surface area contributed by atoms with Gasteiger partial charge in [0, 0.05) is 11.3 Å². The van der Waals surface area contributed by atoms with E-state index in [0.29, 0.717) is 11.6 Å². The third-order valence-corrected chi connectivity index (χ3v) is 5.85. The molecule has 3 nitrogen and oxygen atoms in total. The maximum Gasteiger partial charge on any atom is 0.226 e. The van der Waals surface area contributed by atoms with Gasteiger partial charge >= 0.3 is 0 Å². The van der Waals surface area contributed by atoms with Crippen molar-refractivity contribution >= 4 is 44.4 Å². The van der Waals surface area contributed by atoms with Crippen LogP contribution in [0.25, 0.3) is 10.2 Å². The summed E-state index contributed by atoms with van der Waals surface area (Å²) in [5, 5.41) is 3.63. The van der Waals surface area contributed by atoms with Crippen molar-refractivity contribution in [3.8, 4) is 0 Å². The Morgan fingerprint density at radius 1 is 1.21 bits per heavy atom. The highest BCUT2D eigenvalue weighted by molar-refractivity contribution is 7.99. The molecule has 1 aromatic heterocycles. The molecule has 2 aromatic carbocycles. The molecule has 124 valence electrons. The van der Waals surface area contributed by atoms with Crippen LogP contribution >= 0.6 is 23.1 Å². The van der Waals surface area contributed by atoms with Gasteiger partial charge in [-0.3, -0.25) is 4.79 Å². The molecule has 0 aliphatic rings. The van der Waals surface area contributed by atoms with Crippen molar-refractivity contribution < 1.29 is 4.79 Å². The Hall–Kier alpha value is -1.85. The molecule has 0 fully saturated rings. The van der Waals surface area contributed by atoms with Crippen molar-refractivity contribution in [3.05, 3.63) is 53.6 Å². The number of thioether (sulfide) groups is 1. The van der Waals surface area contributed by atoms with Gasteiger partial charge in [0.05, 0.1) is 10.2 Å². The van der Waals surface area contributed by atoms with Crippen LogP contribution in [0.5, 0.6) is 0 Å². The summed E-state index contributed by atoms with van der Waals surface area (Å²) >= 11 is 3.33.